The first-order valence-electron chi connectivity index (χ1n) is 11.4. The topological polar surface area (TPSA) is 126 Å². The molecule has 0 fully saturated rings. The highest BCUT2D eigenvalue weighted by Crippen LogP contribution is 2.15. The molecule has 0 saturated carbocycles. The highest BCUT2D eigenvalue weighted by atomic mass is 32.1. The highest BCUT2D eigenvalue weighted by molar-refractivity contribution is 7.07. The van der Waals surface area contributed by atoms with Gasteiger partial charge >= 0.3 is 5.97 Å². The van der Waals surface area contributed by atoms with Crippen LogP contribution in [0.4, 0.5) is 11.4 Å². The number of nitrogens with one attached hydrogen (secondary N) is 2. The lowest BCUT2D eigenvalue weighted by Gasteiger charge is -2.19. The predicted octanol–water partition coefficient (Wildman–Crippen LogP) is 1.09. The molecular weight excluding hydrogens is 482 g/mol. The average Bonchev–Trinajstić information content (AvgIpc) is 3.19. The number of ether oxygens (including phenoxy) is 2. The summed E-state index contributed by atoms with van der Waals surface area (Å²) in [6, 6.07) is 8.92. The molecule has 36 heavy (non-hydrogen) atoms. The third-order valence-corrected chi connectivity index (χ3v) is 6.16. The number of likely N-dealkylation sites (N-methyl/N-ethyl adjacent to an activating group) is 1. The Morgan fingerprint density at radius 2 is 2.06 bits per heavy atom. The normalized spacial score (nSPS) is 12.1. The summed E-state index contributed by atoms with van der Waals surface area (Å²) in [5, 5.41) is 15.4. The fraction of sp³-hybridized carbons (Fsp3) is 0.360. The van der Waals surface area contributed by atoms with Crippen LogP contribution in [0.1, 0.15) is 13.8 Å². The molecule has 0 radical (unpaired) electrons. The van der Waals surface area contributed by atoms with Gasteiger partial charge in [-0.15, -0.1) is 11.3 Å². The number of thiazole rings is 1. The van der Waals surface area contributed by atoms with E-state index in [9.17, 15) is 19.6 Å². The summed E-state index contributed by atoms with van der Waals surface area (Å²) in [6.45, 7) is 9.62. The van der Waals surface area contributed by atoms with Crippen molar-refractivity contribution in [1.82, 2.24) is 9.47 Å². The molecular formula is C25H31N5O5S. The van der Waals surface area contributed by atoms with Crippen LogP contribution in [0.3, 0.4) is 0 Å². The van der Waals surface area contributed by atoms with Gasteiger partial charge in [-0.2, -0.15) is 5.26 Å². The van der Waals surface area contributed by atoms with E-state index in [1.165, 1.54) is 16.8 Å². The first-order valence-corrected chi connectivity index (χ1v) is 12.2. The van der Waals surface area contributed by atoms with E-state index in [0.29, 0.717) is 29.1 Å². The van der Waals surface area contributed by atoms with Crippen LogP contribution in [0.5, 0.6) is 0 Å². The van der Waals surface area contributed by atoms with Crippen molar-refractivity contribution in [2.45, 2.75) is 20.4 Å². The minimum atomic E-state index is -0.812. The predicted molar refractivity (Wildman–Crippen MR) is 141 cm³/mol. The third kappa shape index (κ3) is 7.91. The van der Waals surface area contributed by atoms with Gasteiger partial charge in [0.2, 0.25) is 5.91 Å². The van der Waals surface area contributed by atoms with Crippen molar-refractivity contribution in [3.8, 4) is 6.07 Å². The molecule has 1 amide bonds. The lowest BCUT2D eigenvalue weighted by atomic mass is 10.2. The molecule has 192 valence electrons. The van der Waals surface area contributed by atoms with Crippen LogP contribution in [0, 0.1) is 11.3 Å². The SMILES string of the molecule is C=CCOC(=O)/C(C#N)=c1\s/c(=C/Nc2cccc(NC(=O)CN(CC)CCOC)c2)c(=O)n1CC. The van der Waals surface area contributed by atoms with Crippen LogP contribution in [0.2, 0.25) is 0 Å². The van der Waals surface area contributed by atoms with Crippen molar-refractivity contribution in [1.29, 1.82) is 5.26 Å². The molecule has 10 nitrogen and oxygen atoms in total. The Kier molecular flexibility index (Phi) is 11.6. The molecule has 2 rings (SSSR count). The summed E-state index contributed by atoms with van der Waals surface area (Å²) < 4.78 is 11.9. The fourth-order valence-corrected chi connectivity index (χ4v) is 4.27. The number of carbonyl (C=O) groups is 2. The number of aromatic nitrogens is 1. The lowest BCUT2D eigenvalue weighted by Crippen LogP contribution is -2.35. The monoisotopic (exact) mass is 513 g/mol. The highest BCUT2D eigenvalue weighted by Gasteiger charge is 2.16. The van der Waals surface area contributed by atoms with Gasteiger partial charge in [0.1, 0.15) is 21.9 Å². The number of rotatable bonds is 13. The molecule has 1 aromatic carbocycles. The van der Waals surface area contributed by atoms with Gasteiger partial charge in [-0.05, 0) is 31.7 Å². The zero-order chi connectivity index (χ0) is 26.5. The van der Waals surface area contributed by atoms with Gasteiger partial charge in [0.25, 0.3) is 5.56 Å². The number of methoxy groups -OCH3 is 1. The van der Waals surface area contributed by atoms with Gasteiger partial charge in [0.05, 0.1) is 13.2 Å². The third-order valence-electron chi connectivity index (χ3n) is 5.03. The number of benzene rings is 1. The number of carbonyl (C=O) groups excluding carboxylic acids is 2. The van der Waals surface area contributed by atoms with E-state index in [0.717, 1.165) is 17.9 Å². The minimum Gasteiger partial charge on any atom is -0.457 e. The smallest absolute Gasteiger partial charge is 0.352 e. The van der Waals surface area contributed by atoms with Crippen LogP contribution in [0.25, 0.3) is 11.8 Å². The second-order valence-electron chi connectivity index (χ2n) is 7.47. The second-order valence-corrected chi connectivity index (χ2v) is 8.50. The van der Waals surface area contributed by atoms with Crippen LogP contribution >= 0.6 is 11.3 Å². The number of nitrogens with zero attached hydrogens (tertiary/aromatic N) is 3. The molecule has 0 saturated heterocycles. The van der Waals surface area contributed by atoms with E-state index >= 15 is 0 Å². The molecule has 0 atom stereocenters. The summed E-state index contributed by atoms with van der Waals surface area (Å²) in [6.07, 6.45) is 2.91. The Hall–Kier alpha value is -3.72. The minimum absolute atomic E-state index is 0.0389. The molecule has 0 spiro atoms. The largest absolute Gasteiger partial charge is 0.457 e. The van der Waals surface area contributed by atoms with Crippen molar-refractivity contribution in [3.05, 3.63) is 56.5 Å². The van der Waals surface area contributed by atoms with Crippen LogP contribution in [0.15, 0.2) is 41.7 Å². The van der Waals surface area contributed by atoms with E-state index in [1.54, 1.807) is 38.3 Å². The van der Waals surface area contributed by atoms with Gasteiger partial charge < -0.3 is 20.1 Å². The Labute approximate surface area is 213 Å². The quantitative estimate of drug-likeness (QED) is 0.301. The Morgan fingerprint density at radius 3 is 2.69 bits per heavy atom. The van der Waals surface area contributed by atoms with E-state index < -0.39 is 5.97 Å². The Balaban J connectivity index is 2.26. The number of nitriles is 1. The van der Waals surface area contributed by atoms with Crippen LogP contribution in [-0.4, -0.2) is 61.3 Å². The average molecular weight is 514 g/mol. The number of amides is 1. The Morgan fingerprint density at radius 1 is 1.31 bits per heavy atom. The van der Waals surface area contributed by atoms with Crippen molar-refractivity contribution in [2.75, 3.05) is 50.6 Å². The number of hydrogen-bond acceptors (Lipinski definition) is 9. The number of esters is 1. The molecule has 0 aliphatic rings. The maximum atomic E-state index is 12.9. The van der Waals surface area contributed by atoms with Gasteiger partial charge in [0, 0.05) is 37.8 Å². The summed E-state index contributed by atoms with van der Waals surface area (Å²) in [7, 11) is 1.62. The standard InChI is InChI=1S/C25H31N5O5S/c1-5-12-35-25(33)20(15-26)24-30(7-3)23(32)21(36-24)16-27-18-9-8-10-19(14-18)28-22(31)17-29(6-2)11-13-34-4/h5,8-10,14,16,27H,1,6-7,11-13,17H2,2-4H3,(H,28,31)/b21-16+,24-20-. The zero-order valence-electron chi connectivity index (χ0n) is 20.7. The maximum absolute atomic E-state index is 12.9. The lowest BCUT2D eigenvalue weighted by molar-refractivity contribution is -0.135. The molecule has 2 N–H and O–H groups in total. The van der Waals surface area contributed by atoms with Crippen molar-refractivity contribution >= 4 is 46.4 Å². The van der Waals surface area contributed by atoms with Crippen LogP contribution < -0.4 is 25.4 Å². The second kappa shape index (κ2) is 14.6. The van der Waals surface area contributed by atoms with Gasteiger partial charge in [-0.3, -0.25) is 19.1 Å². The summed E-state index contributed by atoms with van der Waals surface area (Å²) in [5.41, 5.74) is 0.669. The van der Waals surface area contributed by atoms with E-state index in [4.69, 9.17) is 9.47 Å². The van der Waals surface area contributed by atoms with Gasteiger partial charge in [-0.25, -0.2) is 4.79 Å². The van der Waals surface area contributed by atoms with Crippen LogP contribution in [-0.2, 0) is 25.6 Å². The molecule has 0 aliphatic carbocycles. The maximum Gasteiger partial charge on any atom is 0.352 e. The van der Waals surface area contributed by atoms with Gasteiger partial charge in [-0.1, -0.05) is 25.6 Å². The molecule has 0 aliphatic heterocycles. The fourth-order valence-electron chi connectivity index (χ4n) is 3.19. The zero-order valence-corrected chi connectivity index (χ0v) is 21.5. The number of hydrogen-bond donors (Lipinski definition) is 2. The van der Waals surface area contributed by atoms with Gasteiger partial charge in [0.15, 0.2) is 5.57 Å². The first kappa shape index (κ1) is 28.5. The molecule has 1 aromatic heterocycles. The molecule has 1 heterocycles. The van der Waals surface area contributed by atoms with Crippen molar-refractivity contribution < 1.29 is 19.1 Å². The summed E-state index contributed by atoms with van der Waals surface area (Å²) in [4.78, 5) is 39.5. The summed E-state index contributed by atoms with van der Waals surface area (Å²) in [5.74, 6) is -0.960. The number of anilines is 2. The summed E-state index contributed by atoms with van der Waals surface area (Å²) >= 11 is 1.02. The van der Waals surface area contributed by atoms with Crippen molar-refractivity contribution in [3.63, 3.8) is 0 Å². The molecule has 0 unspecified atom stereocenters. The van der Waals surface area contributed by atoms with E-state index in [1.807, 2.05) is 17.9 Å². The Bertz CT molecular complexity index is 1290. The molecule has 11 heteroatoms. The first-order chi connectivity index (χ1) is 17.4. The molecule has 0 bridgehead atoms. The van der Waals surface area contributed by atoms with E-state index in [2.05, 4.69) is 17.2 Å². The van der Waals surface area contributed by atoms with Crippen molar-refractivity contribution in [2.24, 2.45) is 0 Å². The molecule has 2 aromatic rings. The van der Waals surface area contributed by atoms with E-state index in [-0.39, 0.29) is 41.4 Å².